The molecule has 2 nitrogen and oxygen atoms in total. The molecule has 1 unspecified atom stereocenters. The average molecular weight is 389 g/mol. The highest BCUT2D eigenvalue weighted by molar-refractivity contribution is 7.97. The van der Waals surface area contributed by atoms with Gasteiger partial charge in [0.15, 0.2) is 0 Å². The SMILES string of the molecule is CSCc1cccc2c(C(CCC#N)c3ccc(Cl)cc3Cl)c[nH]c12. The molecule has 1 heterocycles. The summed E-state index contributed by atoms with van der Waals surface area (Å²) in [6, 6.07) is 14.2. The Morgan fingerprint density at radius 2 is 2.04 bits per heavy atom. The lowest BCUT2D eigenvalue weighted by molar-refractivity contribution is 0.738. The van der Waals surface area contributed by atoms with Gasteiger partial charge in [0.2, 0.25) is 0 Å². The Kier molecular flexibility index (Phi) is 5.96. The summed E-state index contributed by atoms with van der Waals surface area (Å²) < 4.78 is 0. The fraction of sp³-hybridized carbons (Fsp3) is 0.250. The van der Waals surface area contributed by atoms with E-state index in [0.29, 0.717) is 16.5 Å². The molecule has 128 valence electrons. The quantitative estimate of drug-likeness (QED) is 0.505. The van der Waals surface area contributed by atoms with Gasteiger partial charge < -0.3 is 4.98 Å². The maximum absolute atomic E-state index is 9.09. The van der Waals surface area contributed by atoms with Crippen molar-refractivity contribution in [2.75, 3.05) is 6.26 Å². The Bertz CT molecular complexity index is 927. The van der Waals surface area contributed by atoms with Crippen molar-refractivity contribution in [1.29, 1.82) is 5.26 Å². The van der Waals surface area contributed by atoms with E-state index in [2.05, 4.69) is 41.7 Å². The molecule has 0 aliphatic heterocycles. The van der Waals surface area contributed by atoms with Crippen LogP contribution in [0.4, 0.5) is 0 Å². The van der Waals surface area contributed by atoms with Gasteiger partial charge in [-0.25, -0.2) is 0 Å². The highest BCUT2D eigenvalue weighted by Gasteiger charge is 2.21. The number of nitrogens with one attached hydrogen (secondary N) is 1. The average Bonchev–Trinajstić information content (AvgIpc) is 3.02. The second kappa shape index (κ2) is 8.19. The van der Waals surface area contributed by atoms with Crippen molar-refractivity contribution in [3.63, 3.8) is 0 Å². The van der Waals surface area contributed by atoms with E-state index < -0.39 is 0 Å². The van der Waals surface area contributed by atoms with Crippen LogP contribution in [0.3, 0.4) is 0 Å². The monoisotopic (exact) mass is 388 g/mol. The zero-order chi connectivity index (χ0) is 17.8. The molecule has 1 atom stereocenters. The fourth-order valence-electron chi connectivity index (χ4n) is 3.27. The Hall–Kier alpha value is -1.60. The van der Waals surface area contributed by atoms with Gasteiger partial charge in [-0.1, -0.05) is 47.5 Å². The third-order valence-electron chi connectivity index (χ3n) is 4.39. The third kappa shape index (κ3) is 3.82. The molecule has 0 spiro atoms. The van der Waals surface area contributed by atoms with Crippen LogP contribution in [0, 0.1) is 11.3 Å². The maximum atomic E-state index is 9.09. The molecule has 2 aromatic carbocycles. The zero-order valence-corrected chi connectivity index (χ0v) is 16.2. The number of nitriles is 1. The van der Waals surface area contributed by atoms with Crippen molar-refractivity contribution in [1.82, 2.24) is 4.98 Å². The van der Waals surface area contributed by atoms with Crippen LogP contribution in [0.2, 0.25) is 10.0 Å². The highest BCUT2D eigenvalue weighted by Crippen LogP contribution is 2.39. The summed E-state index contributed by atoms with van der Waals surface area (Å²) in [5, 5.41) is 11.5. The van der Waals surface area contributed by atoms with E-state index in [9.17, 15) is 0 Å². The Morgan fingerprint density at radius 1 is 1.20 bits per heavy atom. The summed E-state index contributed by atoms with van der Waals surface area (Å²) >= 11 is 14.3. The van der Waals surface area contributed by atoms with Crippen molar-refractivity contribution in [2.45, 2.75) is 24.5 Å². The Morgan fingerprint density at radius 3 is 2.76 bits per heavy atom. The lowest BCUT2D eigenvalue weighted by Gasteiger charge is -2.18. The van der Waals surface area contributed by atoms with Crippen molar-refractivity contribution >= 4 is 45.9 Å². The number of thioether (sulfide) groups is 1. The summed E-state index contributed by atoms with van der Waals surface area (Å²) in [4.78, 5) is 3.43. The molecule has 0 fully saturated rings. The molecule has 0 amide bonds. The Balaban J connectivity index is 2.12. The molecular formula is C20H18Cl2N2S. The summed E-state index contributed by atoms with van der Waals surface area (Å²) in [6.45, 7) is 0. The molecule has 3 aromatic rings. The molecule has 1 aromatic heterocycles. The van der Waals surface area contributed by atoms with Crippen molar-refractivity contribution in [2.24, 2.45) is 0 Å². The second-order valence-electron chi connectivity index (χ2n) is 5.93. The summed E-state index contributed by atoms with van der Waals surface area (Å²) in [7, 11) is 0. The molecule has 3 rings (SSSR count). The molecule has 0 aliphatic rings. The minimum absolute atomic E-state index is 0.0581. The van der Waals surface area contributed by atoms with E-state index in [1.54, 1.807) is 17.8 Å². The van der Waals surface area contributed by atoms with Crippen molar-refractivity contribution < 1.29 is 0 Å². The van der Waals surface area contributed by atoms with Crippen LogP contribution in [0.5, 0.6) is 0 Å². The molecule has 0 bridgehead atoms. The number of H-pyrrole nitrogens is 1. The first kappa shape index (κ1) is 18.2. The van der Waals surface area contributed by atoms with E-state index in [-0.39, 0.29) is 5.92 Å². The van der Waals surface area contributed by atoms with Gasteiger partial charge in [0.1, 0.15) is 0 Å². The maximum Gasteiger partial charge on any atom is 0.0622 e. The molecule has 0 saturated heterocycles. The van der Waals surface area contributed by atoms with E-state index in [0.717, 1.165) is 17.7 Å². The van der Waals surface area contributed by atoms with Crippen molar-refractivity contribution in [3.8, 4) is 6.07 Å². The number of fused-ring (bicyclic) bond motifs is 1. The van der Waals surface area contributed by atoms with Gasteiger partial charge in [-0.05, 0) is 41.5 Å². The number of halogens is 2. The van der Waals surface area contributed by atoms with Crippen LogP contribution < -0.4 is 0 Å². The van der Waals surface area contributed by atoms with E-state index in [1.807, 2.05) is 12.1 Å². The highest BCUT2D eigenvalue weighted by atomic mass is 35.5. The number of rotatable bonds is 6. The number of benzene rings is 2. The summed E-state index contributed by atoms with van der Waals surface area (Å²) in [5.74, 6) is 1.02. The van der Waals surface area contributed by atoms with E-state index in [4.69, 9.17) is 28.5 Å². The lowest BCUT2D eigenvalue weighted by Crippen LogP contribution is -2.01. The minimum atomic E-state index is 0.0581. The normalized spacial score (nSPS) is 12.2. The number of para-hydroxylation sites is 1. The molecule has 25 heavy (non-hydrogen) atoms. The smallest absolute Gasteiger partial charge is 0.0622 e. The van der Waals surface area contributed by atoms with E-state index >= 15 is 0 Å². The van der Waals surface area contributed by atoms with Crippen LogP contribution in [0.25, 0.3) is 10.9 Å². The van der Waals surface area contributed by atoms with Crippen molar-refractivity contribution in [3.05, 3.63) is 69.3 Å². The molecule has 0 saturated carbocycles. The predicted octanol–water partition coefficient (Wildman–Crippen LogP) is 6.77. The number of hydrogen-bond donors (Lipinski definition) is 1. The zero-order valence-electron chi connectivity index (χ0n) is 13.9. The first-order valence-electron chi connectivity index (χ1n) is 8.05. The van der Waals surface area contributed by atoms with Gasteiger partial charge >= 0.3 is 0 Å². The number of aromatic nitrogens is 1. The minimum Gasteiger partial charge on any atom is -0.361 e. The summed E-state index contributed by atoms with van der Waals surface area (Å²) in [5.41, 5.74) is 4.64. The number of nitrogens with zero attached hydrogens (tertiary/aromatic N) is 1. The fourth-order valence-corrected chi connectivity index (χ4v) is 4.37. The predicted molar refractivity (Wildman–Crippen MR) is 109 cm³/mol. The van der Waals surface area contributed by atoms with Gasteiger partial charge in [0.25, 0.3) is 0 Å². The number of hydrogen-bond acceptors (Lipinski definition) is 2. The van der Waals surface area contributed by atoms with Crippen LogP contribution >= 0.6 is 35.0 Å². The topological polar surface area (TPSA) is 39.6 Å². The first-order valence-corrected chi connectivity index (χ1v) is 10.2. The standard InChI is InChI=1S/C20H18Cl2N2S/c1-25-12-13-4-2-5-17-18(11-24-20(13)17)15(6-3-9-23)16-8-7-14(21)10-19(16)22/h2,4-5,7-8,10-11,15,24H,3,6,12H2,1H3. The van der Waals surface area contributed by atoms with Crippen LogP contribution in [0.1, 0.15) is 35.4 Å². The number of aromatic amines is 1. The molecule has 1 N–H and O–H groups in total. The third-order valence-corrected chi connectivity index (χ3v) is 5.55. The van der Waals surface area contributed by atoms with Gasteiger partial charge in [0.05, 0.1) is 6.07 Å². The van der Waals surface area contributed by atoms with Gasteiger partial charge in [0, 0.05) is 45.2 Å². The Labute approximate surface area is 162 Å². The molecular weight excluding hydrogens is 371 g/mol. The van der Waals surface area contributed by atoms with Gasteiger partial charge in [-0.2, -0.15) is 17.0 Å². The lowest BCUT2D eigenvalue weighted by atomic mass is 9.87. The largest absolute Gasteiger partial charge is 0.361 e. The molecule has 5 heteroatoms. The van der Waals surface area contributed by atoms with E-state index in [1.165, 1.54) is 22.0 Å². The molecule has 0 aliphatic carbocycles. The molecule has 0 radical (unpaired) electrons. The van der Waals surface area contributed by atoms with Crippen LogP contribution in [-0.4, -0.2) is 11.2 Å². The first-order chi connectivity index (χ1) is 12.2. The second-order valence-corrected chi connectivity index (χ2v) is 7.64. The van der Waals surface area contributed by atoms with Gasteiger partial charge in [-0.15, -0.1) is 0 Å². The van der Waals surface area contributed by atoms with Crippen LogP contribution in [-0.2, 0) is 5.75 Å². The van der Waals surface area contributed by atoms with Crippen LogP contribution in [0.15, 0.2) is 42.6 Å². The van der Waals surface area contributed by atoms with Gasteiger partial charge in [-0.3, -0.25) is 0 Å². The summed E-state index contributed by atoms with van der Waals surface area (Å²) in [6.07, 6.45) is 5.35.